The van der Waals surface area contributed by atoms with Crippen molar-refractivity contribution in [1.29, 1.82) is 0 Å². The van der Waals surface area contributed by atoms with E-state index >= 15 is 0 Å². The van der Waals surface area contributed by atoms with E-state index in [1.807, 2.05) is 48.5 Å². The molecule has 0 aliphatic rings. The Morgan fingerprint density at radius 1 is 0.164 bits per heavy atom. The topological polar surface area (TPSA) is 115 Å². The van der Waals surface area contributed by atoms with E-state index in [2.05, 4.69) is 429 Å². The molecule has 29 aromatic rings. The van der Waals surface area contributed by atoms with Crippen LogP contribution in [0.5, 0.6) is 0 Å². The van der Waals surface area contributed by atoms with Crippen LogP contribution in [0.1, 0.15) is 0 Å². The Kier molecular flexibility index (Phi) is 17.4. The van der Waals surface area contributed by atoms with E-state index in [4.69, 9.17) is 34.3 Å². The van der Waals surface area contributed by atoms with Gasteiger partial charge in [-0.1, -0.05) is 352 Å². The smallest absolute Gasteiger partial charge is 0.235 e. The van der Waals surface area contributed by atoms with Crippen LogP contribution in [0.4, 0.5) is 0 Å². The van der Waals surface area contributed by atoms with Crippen molar-refractivity contribution >= 4 is 185 Å². The lowest BCUT2D eigenvalue weighted by atomic mass is 9.99. The highest BCUT2D eigenvalue weighted by Crippen LogP contribution is 2.50. The molecule has 12 nitrogen and oxygen atoms in total. The molecule has 0 amide bonds. The first-order valence-electron chi connectivity index (χ1n) is 45.3. The third kappa shape index (κ3) is 11.9. The van der Waals surface area contributed by atoms with Crippen LogP contribution in [0.25, 0.3) is 259 Å². The Morgan fingerprint density at radius 3 is 0.866 bits per heavy atom. The summed E-state index contributed by atoms with van der Waals surface area (Å²) in [6.45, 7) is 0. The highest BCUT2D eigenvalue weighted by Gasteiger charge is 2.29. The van der Waals surface area contributed by atoms with Crippen molar-refractivity contribution in [3.8, 4) is 74.1 Å². The summed E-state index contributed by atoms with van der Waals surface area (Å²) in [6.07, 6.45) is 0. The van der Waals surface area contributed by atoms with Gasteiger partial charge in [0.05, 0.1) is 88.8 Å². The molecule has 0 saturated carbocycles. The van der Waals surface area contributed by atoms with Crippen molar-refractivity contribution in [2.45, 2.75) is 0 Å². The Bertz CT molecular complexity index is 9840. The molecule has 0 fully saturated rings. The van der Waals surface area contributed by atoms with E-state index in [0.29, 0.717) is 17.8 Å². The van der Waals surface area contributed by atoms with Crippen molar-refractivity contribution in [1.82, 2.24) is 52.7 Å². The first-order valence-corrected chi connectivity index (χ1v) is 45.3. The van der Waals surface area contributed by atoms with Crippen molar-refractivity contribution < 1.29 is 4.42 Å². The molecular weight excluding hydrogens is 1640 g/mol. The molecule has 0 unspecified atom stereocenters. The third-order valence-electron chi connectivity index (χ3n) is 26.8. The zero-order valence-electron chi connectivity index (χ0n) is 72.1. The Morgan fingerprint density at radius 2 is 0.440 bits per heavy atom. The number of benzene rings is 20. The molecule has 0 atom stereocenters. The second-order valence-electron chi connectivity index (χ2n) is 34.2. The highest BCUT2D eigenvalue weighted by molar-refractivity contribution is 6.38. The van der Waals surface area contributed by atoms with Gasteiger partial charge in [-0.15, -0.1) is 0 Å². The maximum absolute atomic E-state index is 6.53. The second kappa shape index (κ2) is 30.7. The highest BCUT2D eigenvalue weighted by atomic mass is 16.3. The fraction of sp³-hybridized carbons (Fsp3) is 0. The standard InChI is InChI=1S/C44H28N4.C42H26N4.C36H21N3O/c1-3-13-29(14-4-1)43-35-19-7-10-20-38(35)45-44(46-43)48-40-22-12-9-18-34(40)37-28-31(24-26-42(37)48)30-23-25-41-36(27-30)33-17-8-11-21-39(33)47(41)32-15-5-2-6-16-32;1-3-15-27(16-4-1)39-31-21-9-12-24-34(31)43-42(44-39)46-36-26-14-11-23-33(36)38-37-32-22-10-13-25-35(32)45(28-17-5-2-6-18-28)40(37)29-19-7-8-20-30(29)41(38)46;1-2-12-22(13-3-1)33-25-16-6-9-19-28(25)37-36(38-33)39-29-20-10-7-17-26(29)31-32-27-18-8-11-21-30(27)40-35(32)24-15-5-4-14-23(24)34(31)39/h1-28H;1-26H;1-21H. The maximum Gasteiger partial charge on any atom is 0.235 e. The minimum Gasteiger partial charge on any atom is -0.455 e. The van der Waals surface area contributed by atoms with Crippen molar-refractivity contribution in [3.05, 3.63) is 455 Å². The van der Waals surface area contributed by atoms with Crippen LogP contribution < -0.4 is 0 Å². The van der Waals surface area contributed by atoms with Gasteiger partial charge in [-0.3, -0.25) is 13.7 Å². The molecule has 9 heterocycles. The van der Waals surface area contributed by atoms with Crippen LogP contribution in [-0.2, 0) is 0 Å². The Hall–Kier alpha value is -18.3. The van der Waals surface area contributed by atoms with E-state index in [-0.39, 0.29) is 0 Å². The minimum atomic E-state index is 0.654. The molecule has 0 spiro atoms. The molecule has 0 radical (unpaired) electrons. The fourth-order valence-electron chi connectivity index (χ4n) is 21.1. The quantitative estimate of drug-likeness (QED) is 0.141. The summed E-state index contributed by atoms with van der Waals surface area (Å²) < 4.78 is 18.1. The summed E-state index contributed by atoms with van der Waals surface area (Å²) in [7, 11) is 0. The third-order valence-corrected chi connectivity index (χ3v) is 26.8. The van der Waals surface area contributed by atoms with Gasteiger partial charge in [0.25, 0.3) is 0 Å². The first-order chi connectivity index (χ1) is 66.5. The number of nitrogens with zero attached hydrogens (tertiary/aromatic N) is 11. The molecule has 29 rings (SSSR count). The summed E-state index contributed by atoms with van der Waals surface area (Å²) in [4.78, 5) is 31.4. The number of rotatable bonds is 9. The number of furan rings is 1. The maximum atomic E-state index is 6.53. The number of aromatic nitrogens is 11. The number of hydrogen-bond acceptors (Lipinski definition) is 7. The zero-order chi connectivity index (χ0) is 88.0. The van der Waals surface area contributed by atoms with E-state index < -0.39 is 0 Å². The van der Waals surface area contributed by atoms with E-state index in [1.165, 1.54) is 87.1 Å². The number of fused-ring (bicyclic) bond motifs is 29. The SMILES string of the molecule is c1ccc(-c2nc(-n3c4ccccc4c4c5c6ccccc6n(-c6ccccc6)c5c5ccccc5c43)nc3ccccc23)cc1.c1ccc(-c2nc(-n3c4ccccc4c4c5c6ccccc6oc5c5ccccc5c43)nc3ccccc23)cc1.c1ccc(-c2nc(-n3c4ccccc4c4cc(-c5ccc6c(c5)c5ccccc5n6-c5ccccc5)ccc43)nc3ccccc23)cc1. The largest absolute Gasteiger partial charge is 0.455 e. The lowest BCUT2D eigenvalue weighted by Crippen LogP contribution is -2.04. The van der Waals surface area contributed by atoms with Gasteiger partial charge in [0.15, 0.2) is 0 Å². The monoisotopic (exact) mass is 1710 g/mol. The lowest BCUT2D eigenvalue weighted by Gasteiger charge is -2.14. The van der Waals surface area contributed by atoms with Crippen LogP contribution in [0.2, 0.25) is 0 Å². The zero-order valence-corrected chi connectivity index (χ0v) is 72.1. The lowest BCUT2D eigenvalue weighted by molar-refractivity contribution is 0.673. The van der Waals surface area contributed by atoms with Crippen LogP contribution in [-0.4, -0.2) is 52.7 Å². The summed E-state index contributed by atoms with van der Waals surface area (Å²) in [5, 5.41) is 21.9. The summed E-state index contributed by atoms with van der Waals surface area (Å²) >= 11 is 0. The number of hydrogen-bond donors (Lipinski definition) is 0. The van der Waals surface area contributed by atoms with Gasteiger partial charge in [-0.25, -0.2) is 29.9 Å². The van der Waals surface area contributed by atoms with Crippen LogP contribution in [0.15, 0.2) is 459 Å². The van der Waals surface area contributed by atoms with Crippen LogP contribution in [0.3, 0.4) is 0 Å². The van der Waals surface area contributed by atoms with Gasteiger partial charge in [0.2, 0.25) is 17.8 Å². The van der Waals surface area contributed by atoms with Gasteiger partial charge in [-0.2, -0.15) is 0 Å². The molecular formula is C122H75N11O. The molecule has 0 bridgehead atoms. The van der Waals surface area contributed by atoms with E-state index in [1.54, 1.807) is 0 Å². The molecule has 9 aromatic heterocycles. The Labute approximate surface area is 766 Å². The predicted octanol–water partition coefficient (Wildman–Crippen LogP) is 31.2. The number of para-hydroxylation sites is 11. The normalized spacial score (nSPS) is 11.9. The minimum absolute atomic E-state index is 0.654. The summed E-state index contributed by atoms with van der Waals surface area (Å²) in [6, 6.07) is 160. The second-order valence-corrected chi connectivity index (χ2v) is 34.2. The molecule has 0 aliphatic carbocycles. The van der Waals surface area contributed by atoms with Crippen LogP contribution >= 0.6 is 0 Å². The van der Waals surface area contributed by atoms with Gasteiger partial charge in [-0.05, 0) is 114 Å². The molecule has 20 aromatic carbocycles. The molecule has 12 heteroatoms. The Balaban J connectivity index is 0.000000103. The average molecular weight is 1710 g/mol. The molecule has 624 valence electrons. The molecule has 0 N–H and O–H groups in total. The molecule has 0 aliphatic heterocycles. The van der Waals surface area contributed by atoms with Crippen molar-refractivity contribution in [2.24, 2.45) is 0 Å². The molecule has 134 heavy (non-hydrogen) atoms. The molecule has 0 saturated heterocycles. The van der Waals surface area contributed by atoms with Crippen molar-refractivity contribution in [3.63, 3.8) is 0 Å². The van der Waals surface area contributed by atoms with Gasteiger partial charge in [0, 0.05) is 130 Å². The summed E-state index contributed by atoms with van der Waals surface area (Å²) in [5.74, 6) is 1.99. The summed E-state index contributed by atoms with van der Waals surface area (Å²) in [5.41, 5.74) is 26.5. The fourth-order valence-corrected chi connectivity index (χ4v) is 21.1. The van der Waals surface area contributed by atoms with Gasteiger partial charge < -0.3 is 13.6 Å². The van der Waals surface area contributed by atoms with E-state index in [0.717, 1.165) is 154 Å². The van der Waals surface area contributed by atoms with Gasteiger partial charge >= 0.3 is 0 Å². The van der Waals surface area contributed by atoms with Gasteiger partial charge in [0.1, 0.15) is 11.2 Å². The van der Waals surface area contributed by atoms with Crippen molar-refractivity contribution in [2.75, 3.05) is 0 Å². The average Bonchev–Trinajstić information content (AvgIpc) is 1.53. The van der Waals surface area contributed by atoms with Crippen LogP contribution in [0, 0.1) is 0 Å². The first kappa shape index (κ1) is 75.8. The predicted molar refractivity (Wildman–Crippen MR) is 554 cm³/mol. The van der Waals surface area contributed by atoms with E-state index in [9.17, 15) is 0 Å².